The molecular formula is C18H20FNO3. The fraction of sp³-hybridized carbons (Fsp3) is 0.278. The Balaban J connectivity index is 2.00. The Morgan fingerprint density at radius 3 is 2.61 bits per heavy atom. The van der Waals surface area contributed by atoms with Crippen molar-refractivity contribution in [2.24, 2.45) is 0 Å². The van der Waals surface area contributed by atoms with E-state index in [9.17, 15) is 14.3 Å². The third kappa shape index (κ3) is 4.71. The Morgan fingerprint density at radius 1 is 1.22 bits per heavy atom. The van der Waals surface area contributed by atoms with Crippen LogP contribution in [-0.4, -0.2) is 31.8 Å². The van der Waals surface area contributed by atoms with Gasteiger partial charge in [0.25, 0.3) is 0 Å². The number of hydrogen-bond acceptors (Lipinski definition) is 3. The molecule has 0 spiro atoms. The molecular weight excluding hydrogens is 297 g/mol. The molecule has 0 saturated heterocycles. The van der Waals surface area contributed by atoms with Gasteiger partial charge in [-0.05, 0) is 36.2 Å². The lowest BCUT2D eigenvalue weighted by molar-refractivity contribution is -0.139. The molecule has 23 heavy (non-hydrogen) atoms. The molecule has 0 bridgehead atoms. The van der Waals surface area contributed by atoms with E-state index in [1.165, 1.54) is 18.2 Å². The van der Waals surface area contributed by atoms with E-state index in [2.05, 4.69) is 0 Å². The normalized spacial score (nSPS) is 11.8. The van der Waals surface area contributed by atoms with Gasteiger partial charge in [-0.1, -0.05) is 18.2 Å². The van der Waals surface area contributed by atoms with Gasteiger partial charge in [0, 0.05) is 25.8 Å². The largest absolute Gasteiger partial charge is 0.493 e. The summed E-state index contributed by atoms with van der Waals surface area (Å²) < 4.78 is 18.9. The van der Waals surface area contributed by atoms with Crippen molar-refractivity contribution in [2.45, 2.75) is 12.3 Å². The molecule has 0 aromatic heterocycles. The van der Waals surface area contributed by atoms with E-state index in [0.717, 1.165) is 5.69 Å². The van der Waals surface area contributed by atoms with Crippen LogP contribution in [-0.2, 0) is 4.79 Å². The predicted octanol–water partition coefficient (Wildman–Crippen LogP) is 3.53. The monoisotopic (exact) mass is 317 g/mol. The number of ether oxygens (including phenoxy) is 1. The number of carboxylic acid groups (broad SMARTS) is 1. The van der Waals surface area contributed by atoms with E-state index >= 15 is 0 Å². The Bertz CT molecular complexity index is 673. The number of halogens is 1. The van der Waals surface area contributed by atoms with E-state index in [4.69, 9.17) is 4.74 Å². The quantitative estimate of drug-likeness (QED) is 0.849. The SMILES string of the molecule is CN(C)c1cccc(OCCC(C(=O)O)c2cccc(F)c2)c1. The van der Waals surface area contributed by atoms with Crippen LogP contribution < -0.4 is 9.64 Å². The molecule has 0 fully saturated rings. The Labute approximate surface area is 135 Å². The number of rotatable bonds is 7. The van der Waals surface area contributed by atoms with Crippen molar-refractivity contribution in [3.05, 3.63) is 59.9 Å². The molecule has 1 atom stereocenters. The van der Waals surface area contributed by atoms with Gasteiger partial charge in [0.2, 0.25) is 0 Å². The number of carbonyl (C=O) groups is 1. The van der Waals surface area contributed by atoms with Crippen LogP contribution in [0.15, 0.2) is 48.5 Å². The van der Waals surface area contributed by atoms with Gasteiger partial charge in [-0.3, -0.25) is 4.79 Å². The molecule has 0 amide bonds. The predicted molar refractivity (Wildman–Crippen MR) is 87.7 cm³/mol. The molecule has 1 unspecified atom stereocenters. The highest BCUT2D eigenvalue weighted by atomic mass is 19.1. The molecule has 0 aliphatic heterocycles. The van der Waals surface area contributed by atoms with Crippen molar-refractivity contribution in [1.82, 2.24) is 0 Å². The van der Waals surface area contributed by atoms with Crippen molar-refractivity contribution < 1.29 is 19.0 Å². The average molecular weight is 317 g/mol. The highest BCUT2D eigenvalue weighted by molar-refractivity contribution is 5.76. The highest BCUT2D eigenvalue weighted by Crippen LogP contribution is 2.23. The van der Waals surface area contributed by atoms with Gasteiger partial charge in [-0.25, -0.2) is 4.39 Å². The molecule has 2 aromatic carbocycles. The van der Waals surface area contributed by atoms with Crippen LogP contribution in [0.2, 0.25) is 0 Å². The van der Waals surface area contributed by atoms with E-state index in [1.807, 2.05) is 43.3 Å². The summed E-state index contributed by atoms with van der Waals surface area (Å²) in [5.41, 5.74) is 1.45. The van der Waals surface area contributed by atoms with Crippen molar-refractivity contribution in [1.29, 1.82) is 0 Å². The van der Waals surface area contributed by atoms with Crippen LogP contribution in [0.25, 0.3) is 0 Å². The summed E-state index contributed by atoms with van der Waals surface area (Å²) >= 11 is 0. The lowest BCUT2D eigenvalue weighted by Gasteiger charge is -2.16. The maximum absolute atomic E-state index is 13.3. The van der Waals surface area contributed by atoms with Crippen molar-refractivity contribution >= 4 is 11.7 Å². The van der Waals surface area contributed by atoms with E-state index in [0.29, 0.717) is 11.3 Å². The molecule has 4 nitrogen and oxygen atoms in total. The molecule has 2 rings (SSSR count). The smallest absolute Gasteiger partial charge is 0.311 e. The number of aliphatic carboxylic acids is 1. The Kier molecular flexibility index (Phi) is 5.57. The number of hydrogen-bond donors (Lipinski definition) is 1. The molecule has 0 radical (unpaired) electrons. The summed E-state index contributed by atoms with van der Waals surface area (Å²) in [7, 11) is 3.87. The van der Waals surface area contributed by atoms with E-state index < -0.39 is 17.7 Å². The van der Waals surface area contributed by atoms with E-state index in [-0.39, 0.29) is 13.0 Å². The van der Waals surface area contributed by atoms with Crippen LogP contribution >= 0.6 is 0 Å². The maximum Gasteiger partial charge on any atom is 0.311 e. The van der Waals surface area contributed by atoms with Crippen LogP contribution in [0, 0.1) is 5.82 Å². The van der Waals surface area contributed by atoms with Crippen molar-refractivity contribution in [2.75, 3.05) is 25.6 Å². The molecule has 1 N–H and O–H groups in total. The van der Waals surface area contributed by atoms with Crippen molar-refractivity contribution in [3.63, 3.8) is 0 Å². The van der Waals surface area contributed by atoms with Gasteiger partial charge in [0.15, 0.2) is 0 Å². The van der Waals surface area contributed by atoms with Crippen LogP contribution in [0.1, 0.15) is 17.9 Å². The maximum atomic E-state index is 13.3. The minimum atomic E-state index is -0.985. The zero-order valence-electron chi connectivity index (χ0n) is 13.2. The van der Waals surface area contributed by atoms with Crippen LogP contribution in [0.3, 0.4) is 0 Å². The van der Waals surface area contributed by atoms with E-state index in [1.54, 1.807) is 6.07 Å². The van der Waals surface area contributed by atoms with Gasteiger partial charge in [-0.15, -0.1) is 0 Å². The lowest BCUT2D eigenvalue weighted by Crippen LogP contribution is -2.15. The summed E-state index contributed by atoms with van der Waals surface area (Å²) in [6.07, 6.45) is 0.269. The van der Waals surface area contributed by atoms with Gasteiger partial charge in [-0.2, -0.15) is 0 Å². The summed E-state index contributed by atoms with van der Waals surface area (Å²) in [5.74, 6) is -1.53. The standard InChI is InChI=1S/C18H20FNO3/c1-20(2)15-7-4-8-16(12-15)23-10-9-17(18(21)22)13-5-3-6-14(19)11-13/h3-8,11-12,17H,9-10H2,1-2H3,(H,21,22). The molecule has 0 heterocycles. The van der Waals surface area contributed by atoms with Gasteiger partial charge in [0.05, 0.1) is 12.5 Å². The number of carboxylic acids is 1. The van der Waals surface area contributed by atoms with Crippen LogP contribution in [0.4, 0.5) is 10.1 Å². The summed E-state index contributed by atoms with van der Waals surface area (Å²) in [6.45, 7) is 0.240. The number of benzene rings is 2. The molecule has 5 heteroatoms. The van der Waals surface area contributed by atoms with Crippen molar-refractivity contribution in [3.8, 4) is 5.75 Å². The molecule has 0 aliphatic rings. The Hall–Kier alpha value is -2.56. The first-order valence-corrected chi connectivity index (χ1v) is 7.36. The average Bonchev–Trinajstić information content (AvgIpc) is 2.51. The first kappa shape index (κ1) is 16.8. The molecule has 0 aliphatic carbocycles. The molecule has 0 saturated carbocycles. The minimum Gasteiger partial charge on any atom is -0.493 e. The third-order valence-corrected chi connectivity index (χ3v) is 3.56. The van der Waals surface area contributed by atoms with Crippen LogP contribution in [0.5, 0.6) is 5.75 Å². The summed E-state index contributed by atoms with van der Waals surface area (Å²) in [5, 5.41) is 9.35. The Morgan fingerprint density at radius 2 is 1.96 bits per heavy atom. The van der Waals surface area contributed by atoms with Gasteiger partial charge < -0.3 is 14.7 Å². The first-order valence-electron chi connectivity index (χ1n) is 7.36. The van der Waals surface area contributed by atoms with Gasteiger partial charge >= 0.3 is 5.97 Å². The second kappa shape index (κ2) is 7.63. The molecule has 122 valence electrons. The summed E-state index contributed by atoms with van der Waals surface area (Å²) in [6, 6.07) is 13.2. The zero-order chi connectivity index (χ0) is 16.8. The fourth-order valence-corrected chi connectivity index (χ4v) is 2.30. The lowest BCUT2D eigenvalue weighted by atomic mass is 9.96. The summed E-state index contributed by atoms with van der Waals surface area (Å²) in [4.78, 5) is 13.4. The second-order valence-electron chi connectivity index (χ2n) is 5.47. The topological polar surface area (TPSA) is 49.8 Å². The highest BCUT2D eigenvalue weighted by Gasteiger charge is 2.20. The first-order chi connectivity index (χ1) is 11.0. The third-order valence-electron chi connectivity index (χ3n) is 3.56. The minimum absolute atomic E-state index is 0.240. The zero-order valence-corrected chi connectivity index (χ0v) is 13.2. The van der Waals surface area contributed by atoms with Gasteiger partial charge in [0.1, 0.15) is 11.6 Å². The number of nitrogens with zero attached hydrogens (tertiary/aromatic N) is 1. The molecule has 2 aromatic rings. The second-order valence-corrected chi connectivity index (χ2v) is 5.47. The number of anilines is 1. The fourth-order valence-electron chi connectivity index (χ4n) is 2.30.